The molecule has 1 aliphatic heterocycles. The van der Waals surface area contributed by atoms with Gasteiger partial charge in [0.05, 0.1) is 12.0 Å². The number of piperazine rings is 1. The van der Waals surface area contributed by atoms with Gasteiger partial charge in [-0.25, -0.2) is 13.2 Å². The molecule has 1 saturated heterocycles. The number of hydrogen-bond acceptors (Lipinski definition) is 9. The zero-order valence-corrected chi connectivity index (χ0v) is 18.1. The maximum Gasteiger partial charge on any atom is 0.330 e. The van der Waals surface area contributed by atoms with E-state index in [2.05, 4.69) is 9.89 Å². The fraction of sp³-hybridized carbons (Fsp3) is 0.368. The van der Waals surface area contributed by atoms with Crippen LogP contribution in [0.25, 0.3) is 6.08 Å². The summed E-state index contributed by atoms with van der Waals surface area (Å²) in [5.41, 5.74) is 1.02. The van der Waals surface area contributed by atoms with E-state index in [9.17, 15) is 23.3 Å². The van der Waals surface area contributed by atoms with E-state index in [0.29, 0.717) is 16.9 Å². The molecule has 31 heavy (non-hydrogen) atoms. The molecule has 0 atom stereocenters. The van der Waals surface area contributed by atoms with Crippen molar-refractivity contribution in [1.82, 2.24) is 9.46 Å². The first-order chi connectivity index (χ1) is 14.6. The average Bonchev–Trinajstić information content (AvgIpc) is 3.10. The van der Waals surface area contributed by atoms with E-state index in [1.165, 1.54) is 29.6 Å². The normalized spacial score (nSPS) is 15.4. The minimum Gasteiger partial charge on any atom is -0.466 e. The summed E-state index contributed by atoms with van der Waals surface area (Å²) in [4.78, 5) is 24.2. The van der Waals surface area contributed by atoms with Gasteiger partial charge in [0.15, 0.2) is 5.76 Å². The van der Waals surface area contributed by atoms with Crippen LogP contribution in [0.15, 0.2) is 33.7 Å². The number of esters is 1. The van der Waals surface area contributed by atoms with Gasteiger partial charge >= 0.3 is 5.97 Å². The number of ether oxygens (including phenoxy) is 1. The number of carbonyl (C=O) groups excluding carboxylic acids is 1. The highest BCUT2D eigenvalue weighted by molar-refractivity contribution is 7.89. The molecule has 0 N–H and O–H groups in total. The van der Waals surface area contributed by atoms with E-state index in [1.807, 2.05) is 0 Å². The van der Waals surface area contributed by atoms with Gasteiger partial charge in [-0.1, -0.05) is 11.2 Å². The summed E-state index contributed by atoms with van der Waals surface area (Å²) < 4.78 is 36.7. The molecule has 0 unspecified atom stereocenters. The lowest BCUT2D eigenvalue weighted by molar-refractivity contribution is -0.384. The number of nitrogens with zero attached hydrogens (tertiary/aromatic N) is 4. The third-order valence-electron chi connectivity index (χ3n) is 4.95. The van der Waals surface area contributed by atoms with Crippen LogP contribution in [0.4, 0.5) is 11.4 Å². The lowest BCUT2D eigenvalue weighted by Gasteiger charge is -2.35. The summed E-state index contributed by atoms with van der Waals surface area (Å²) >= 11 is 0. The fourth-order valence-corrected chi connectivity index (χ4v) is 5.14. The Morgan fingerprint density at radius 2 is 1.94 bits per heavy atom. The van der Waals surface area contributed by atoms with Crippen molar-refractivity contribution in [2.45, 2.75) is 18.7 Å². The highest BCUT2D eigenvalue weighted by atomic mass is 32.2. The van der Waals surface area contributed by atoms with Gasteiger partial charge in [-0.3, -0.25) is 10.1 Å². The number of aromatic nitrogens is 1. The standard InChI is InChI=1S/C19H22N4O7S/c1-13-19(14(2)30-20-13)31(27,28)22-10-8-21(9-11-22)16-6-4-15(5-7-18(24)29-3)12-17(16)23(25)26/h4-7,12H,8-11H2,1-3H3/b7-5+. The highest BCUT2D eigenvalue weighted by Crippen LogP contribution is 2.32. The second kappa shape index (κ2) is 8.86. The molecule has 0 saturated carbocycles. The first-order valence-corrected chi connectivity index (χ1v) is 10.8. The van der Waals surface area contributed by atoms with Crippen LogP contribution < -0.4 is 4.90 Å². The molecule has 0 amide bonds. The molecule has 0 bridgehead atoms. The number of nitro benzene ring substituents is 1. The van der Waals surface area contributed by atoms with E-state index >= 15 is 0 Å². The zero-order chi connectivity index (χ0) is 22.8. The smallest absolute Gasteiger partial charge is 0.330 e. The lowest BCUT2D eigenvalue weighted by atomic mass is 10.1. The Bertz CT molecular complexity index is 1110. The summed E-state index contributed by atoms with van der Waals surface area (Å²) in [5, 5.41) is 15.3. The molecule has 0 spiro atoms. The quantitative estimate of drug-likeness (QED) is 0.280. The zero-order valence-electron chi connectivity index (χ0n) is 17.3. The van der Waals surface area contributed by atoms with E-state index in [1.54, 1.807) is 30.9 Å². The fourth-order valence-electron chi connectivity index (χ4n) is 3.43. The molecule has 2 aromatic rings. The van der Waals surface area contributed by atoms with E-state index in [-0.39, 0.29) is 42.5 Å². The van der Waals surface area contributed by atoms with Crippen molar-refractivity contribution in [3.05, 3.63) is 51.4 Å². The van der Waals surface area contributed by atoms with E-state index in [0.717, 1.165) is 0 Å². The number of nitro groups is 1. The molecule has 0 aliphatic carbocycles. The van der Waals surface area contributed by atoms with Crippen molar-refractivity contribution in [2.75, 3.05) is 38.2 Å². The Morgan fingerprint density at radius 3 is 2.48 bits per heavy atom. The predicted octanol–water partition coefficient (Wildman–Crippen LogP) is 1.90. The summed E-state index contributed by atoms with van der Waals surface area (Å²) in [5.74, 6) is -0.339. The van der Waals surface area contributed by atoms with Gasteiger partial charge in [-0.15, -0.1) is 0 Å². The summed E-state index contributed by atoms with van der Waals surface area (Å²) in [6.07, 6.45) is 2.60. The Morgan fingerprint density at radius 1 is 1.26 bits per heavy atom. The minimum absolute atomic E-state index is 0.0636. The molecule has 3 rings (SSSR count). The van der Waals surface area contributed by atoms with Crippen molar-refractivity contribution >= 4 is 33.4 Å². The van der Waals surface area contributed by atoms with Crippen LogP contribution in [0.2, 0.25) is 0 Å². The Labute approximate surface area is 179 Å². The first kappa shape index (κ1) is 22.4. The van der Waals surface area contributed by atoms with Crippen LogP contribution in [0.3, 0.4) is 0 Å². The molecule has 1 aromatic heterocycles. The second-order valence-electron chi connectivity index (χ2n) is 6.91. The molecule has 166 valence electrons. The van der Waals surface area contributed by atoms with Gasteiger partial charge in [0.25, 0.3) is 5.69 Å². The SMILES string of the molecule is COC(=O)/C=C/c1ccc(N2CCN(S(=O)(=O)c3c(C)noc3C)CC2)c([N+](=O)[O-])c1. The summed E-state index contributed by atoms with van der Waals surface area (Å²) in [6.45, 7) is 3.99. The second-order valence-corrected chi connectivity index (χ2v) is 8.78. The first-order valence-electron chi connectivity index (χ1n) is 9.37. The molecule has 1 fully saturated rings. The van der Waals surface area contributed by atoms with E-state index in [4.69, 9.17) is 4.52 Å². The van der Waals surface area contributed by atoms with Gasteiger partial charge in [0.1, 0.15) is 16.3 Å². The monoisotopic (exact) mass is 450 g/mol. The number of methoxy groups -OCH3 is 1. The summed E-state index contributed by atoms with van der Waals surface area (Å²) in [7, 11) is -2.53. The summed E-state index contributed by atoms with van der Waals surface area (Å²) in [6, 6.07) is 4.60. The molecular formula is C19H22N4O7S. The number of rotatable bonds is 6. The van der Waals surface area contributed by atoms with Crippen LogP contribution in [0.1, 0.15) is 17.0 Å². The Balaban J connectivity index is 1.79. The van der Waals surface area contributed by atoms with Crippen LogP contribution in [-0.2, 0) is 19.6 Å². The maximum atomic E-state index is 13.0. The van der Waals surface area contributed by atoms with Crippen molar-refractivity contribution < 1.29 is 27.4 Å². The Kier molecular flexibility index (Phi) is 6.41. The van der Waals surface area contributed by atoms with Crippen LogP contribution >= 0.6 is 0 Å². The van der Waals surface area contributed by atoms with Crippen LogP contribution in [0.5, 0.6) is 0 Å². The molecule has 2 heterocycles. The van der Waals surface area contributed by atoms with Gasteiger partial charge in [-0.05, 0) is 31.6 Å². The van der Waals surface area contributed by atoms with Crippen molar-refractivity contribution in [2.24, 2.45) is 0 Å². The molecule has 0 radical (unpaired) electrons. The number of aryl methyl sites for hydroxylation is 2. The van der Waals surface area contributed by atoms with Gasteiger partial charge < -0.3 is 14.2 Å². The van der Waals surface area contributed by atoms with Crippen molar-refractivity contribution in [3.8, 4) is 0 Å². The predicted molar refractivity (Wildman–Crippen MR) is 111 cm³/mol. The number of carbonyl (C=O) groups is 1. The maximum absolute atomic E-state index is 13.0. The van der Waals surface area contributed by atoms with Crippen LogP contribution in [0, 0.1) is 24.0 Å². The molecule has 11 nitrogen and oxygen atoms in total. The van der Waals surface area contributed by atoms with E-state index < -0.39 is 20.9 Å². The number of anilines is 1. The number of hydrogen-bond donors (Lipinski definition) is 0. The van der Waals surface area contributed by atoms with Gasteiger partial charge in [0, 0.05) is 38.3 Å². The van der Waals surface area contributed by atoms with Gasteiger partial charge in [-0.2, -0.15) is 4.31 Å². The van der Waals surface area contributed by atoms with Gasteiger partial charge in [0.2, 0.25) is 10.0 Å². The molecular weight excluding hydrogens is 428 g/mol. The van der Waals surface area contributed by atoms with Crippen molar-refractivity contribution in [1.29, 1.82) is 0 Å². The average molecular weight is 450 g/mol. The molecule has 12 heteroatoms. The lowest BCUT2D eigenvalue weighted by Crippen LogP contribution is -2.49. The largest absolute Gasteiger partial charge is 0.466 e. The van der Waals surface area contributed by atoms with Crippen LogP contribution in [-0.4, -0.2) is 62.1 Å². The molecule has 1 aromatic carbocycles. The number of benzene rings is 1. The van der Waals surface area contributed by atoms with Crippen molar-refractivity contribution in [3.63, 3.8) is 0 Å². The third kappa shape index (κ3) is 4.59. The topological polar surface area (TPSA) is 136 Å². The molecule has 1 aliphatic rings. The Hall–Kier alpha value is -3.25. The highest BCUT2D eigenvalue weighted by Gasteiger charge is 2.34. The third-order valence-corrected chi connectivity index (χ3v) is 7.10. The number of sulfonamides is 1. The minimum atomic E-state index is -3.77.